The molecule has 222 valence electrons. The number of Topliss-reactive ketones (excluding diaryl/α,β-unsaturated/α-hetero) is 1. The molecule has 0 N–H and O–H groups in total. The molecular weight excluding hydrogens is 514 g/mol. The fourth-order valence-electron chi connectivity index (χ4n) is 6.45. The number of hydrogen-bond donors (Lipinski definition) is 0. The van der Waals surface area contributed by atoms with Crippen LogP contribution >= 0.6 is 0 Å². The van der Waals surface area contributed by atoms with Crippen LogP contribution in [0.15, 0.2) is 54.6 Å². The summed E-state index contributed by atoms with van der Waals surface area (Å²) in [5.41, 5.74) is 1.77. The third-order valence-corrected chi connectivity index (χ3v) is 8.91. The first-order valence-electron chi connectivity index (χ1n) is 15.7. The van der Waals surface area contributed by atoms with Crippen molar-refractivity contribution in [1.29, 1.82) is 0 Å². The molecule has 1 unspecified atom stereocenters. The largest absolute Gasteiger partial charge is 0.497 e. The number of carbonyl (C=O) groups excluding carboxylic acids is 3. The summed E-state index contributed by atoms with van der Waals surface area (Å²) >= 11 is 0. The van der Waals surface area contributed by atoms with Crippen molar-refractivity contribution in [2.24, 2.45) is 17.8 Å². The summed E-state index contributed by atoms with van der Waals surface area (Å²) in [6, 6.07) is 17.0. The quantitative estimate of drug-likeness (QED) is 0.179. The molecule has 6 heteroatoms. The number of amides is 1. The van der Waals surface area contributed by atoms with Gasteiger partial charge in [-0.1, -0.05) is 107 Å². The van der Waals surface area contributed by atoms with E-state index in [0.717, 1.165) is 49.0 Å². The van der Waals surface area contributed by atoms with Gasteiger partial charge < -0.3 is 14.4 Å². The molecule has 1 amide bonds. The van der Waals surface area contributed by atoms with Crippen LogP contribution < -0.4 is 4.74 Å². The van der Waals surface area contributed by atoms with Gasteiger partial charge in [-0.3, -0.25) is 14.4 Å². The van der Waals surface area contributed by atoms with E-state index in [9.17, 15) is 14.4 Å². The fourth-order valence-corrected chi connectivity index (χ4v) is 6.45. The first kappa shape index (κ1) is 30.8. The lowest BCUT2D eigenvalue weighted by Gasteiger charge is -2.30. The number of rotatable bonds is 14. The molecule has 0 radical (unpaired) electrons. The topological polar surface area (TPSA) is 72.9 Å². The van der Waals surface area contributed by atoms with Gasteiger partial charge in [-0.05, 0) is 47.9 Å². The van der Waals surface area contributed by atoms with Crippen molar-refractivity contribution >= 4 is 17.7 Å². The van der Waals surface area contributed by atoms with Gasteiger partial charge in [0.2, 0.25) is 5.91 Å². The Balaban J connectivity index is 1.49. The number of benzene rings is 2. The van der Waals surface area contributed by atoms with Gasteiger partial charge in [0.1, 0.15) is 24.7 Å². The van der Waals surface area contributed by atoms with Crippen molar-refractivity contribution in [2.45, 2.75) is 96.6 Å². The number of ether oxygens (including phenoxy) is 2. The number of nitrogens with zero attached hydrogens (tertiary/aromatic N) is 1. The maximum absolute atomic E-state index is 14.2. The molecule has 0 aliphatic heterocycles. The molecule has 2 aromatic rings. The highest BCUT2D eigenvalue weighted by atomic mass is 16.5. The summed E-state index contributed by atoms with van der Waals surface area (Å²) in [6.45, 7) is 0.200. The van der Waals surface area contributed by atoms with E-state index in [4.69, 9.17) is 9.47 Å². The van der Waals surface area contributed by atoms with Gasteiger partial charge in [0.05, 0.1) is 13.0 Å². The van der Waals surface area contributed by atoms with Gasteiger partial charge in [-0.25, -0.2) is 0 Å². The molecule has 2 aromatic carbocycles. The van der Waals surface area contributed by atoms with Crippen LogP contribution in [0.5, 0.6) is 5.75 Å². The molecule has 2 fully saturated rings. The Bertz CT molecular complexity index is 1090. The summed E-state index contributed by atoms with van der Waals surface area (Å²) in [7, 11) is 1.61. The number of methoxy groups -OCH3 is 1. The molecule has 4 rings (SSSR count). The molecule has 0 heterocycles. The smallest absolute Gasteiger partial charge is 0.325 e. The first-order valence-corrected chi connectivity index (χ1v) is 15.7. The lowest BCUT2D eigenvalue weighted by molar-refractivity contribution is -0.154. The van der Waals surface area contributed by atoms with Crippen molar-refractivity contribution in [2.75, 3.05) is 13.7 Å². The normalized spacial score (nSPS) is 17.0. The van der Waals surface area contributed by atoms with Gasteiger partial charge in [0, 0.05) is 13.0 Å². The molecule has 0 bridgehead atoms. The number of carbonyl (C=O) groups is 3. The summed E-state index contributed by atoms with van der Waals surface area (Å²) in [4.78, 5) is 42.5. The predicted molar refractivity (Wildman–Crippen MR) is 160 cm³/mol. The zero-order chi connectivity index (χ0) is 28.9. The lowest BCUT2D eigenvalue weighted by atomic mass is 9.79. The molecular formula is C35H47NO5. The van der Waals surface area contributed by atoms with Crippen LogP contribution in [0, 0.1) is 17.8 Å². The monoisotopic (exact) mass is 561 g/mol. The highest BCUT2D eigenvalue weighted by molar-refractivity contribution is 6.02. The van der Waals surface area contributed by atoms with Gasteiger partial charge in [-0.15, -0.1) is 0 Å². The van der Waals surface area contributed by atoms with Crippen molar-refractivity contribution < 1.29 is 23.9 Å². The van der Waals surface area contributed by atoms with E-state index >= 15 is 0 Å². The maximum atomic E-state index is 14.2. The first-order chi connectivity index (χ1) is 20.0. The predicted octanol–water partition coefficient (Wildman–Crippen LogP) is 7.28. The van der Waals surface area contributed by atoms with Crippen LogP contribution in [0.2, 0.25) is 0 Å². The van der Waals surface area contributed by atoms with Gasteiger partial charge in [-0.2, -0.15) is 0 Å². The molecule has 0 spiro atoms. The third kappa shape index (κ3) is 10.0. The average Bonchev–Trinajstić information content (AvgIpc) is 3.02. The van der Waals surface area contributed by atoms with E-state index in [-0.39, 0.29) is 31.4 Å². The molecule has 2 aliphatic carbocycles. The van der Waals surface area contributed by atoms with Crippen LogP contribution in [0.3, 0.4) is 0 Å². The van der Waals surface area contributed by atoms with Gasteiger partial charge >= 0.3 is 5.97 Å². The Morgan fingerprint density at radius 3 is 2.07 bits per heavy atom. The summed E-state index contributed by atoms with van der Waals surface area (Å²) < 4.78 is 10.9. The molecule has 0 aromatic heterocycles. The zero-order valence-electron chi connectivity index (χ0n) is 24.7. The second kappa shape index (κ2) is 16.3. The van der Waals surface area contributed by atoms with Crippen LogP contribution in [-0.4, -0.2) is 36.2 Å². The maximum Gasteiger partial charge on any atom is 0.325 e. The minimum absolute atomic E-state index is 0.0449. The number of ketones is 1. The van der Waals surface area contributed by atoms with Crippen LogP contribution in [0.4, 0.5) is 0 Å². The molecule has 2 aliphatic rings. The number of esters is 1. The van der Waals surface area contributed by atoms with E-state index in [2.05, 4.69) is 0 Å². The second-order valence-corrected chi connectivity index (χ2v) is 12.0. The highest BCUT2D eigenvalue weighted by Crippen LogP contribution is 2.33. The van der Waals surface area contributed by atoms with E-state index in [1.807, 2.05) is 54.6 Å². The number of hydrogen-bond acceptors (Lipinski definition) is 5. The van der Waals surface area contributed by atoms with Crippen LogP contribution in [0.25, 0.3) is 0 Å². The van der Waals surface area contributed by atoms with E-state index in [0.29, 0.717) is 24.7 Å². The Kier molecular flexibility index (Phi) is 12.3. The van der Waals surface area contributed by atoms with Crippen LogP contribution in [-0.2, 0) is 32.3 Å². The van der Waals surface area contributed by atoms with Gasteiger partial charge in [0.25, 0.3) is 0 Å². The zero-order valence-corrected chi connectivity index (χ0v) is 24.7. The van der Waals surface area contributed by atoms with Crippen molar-refractivity contribution in [3.63, 3.8) is 0 Å². The van der Waals surface area contributed by atoms with E-state index in [1.165, 1.54) is 38.5 Å². The Labute approximate surface area is 245 Å². The Morgan fingerprint density at radius 2 is 1.44 bits per heavy atom. The van der Waals surface area contributed by atoms with Crippen molar-refractivity contribution in [3.8, 4) is 5.75 Å². The van der Waals surface area contributed by atoms with Gasteiger partial charge in [0.15, 0.2) is 0 Å². The lowest BCUT2D eigenvalue weighted by Crippen LogP contribution is -2.43. The van der Waals surface area contributed by atoms with Crippen molar-refractivity contribution in [1.82, 2.24) is 4.90 Å². The summed E-state index contributed by atoms with van der Waals surface area (Å²) in [5, 5.41) is 0. The SMILES string of the molecule is COc1ccc(CN(CC(=O)OCc2ccccc2)C(=O)C(CC2CCCCC2)C(=O)CCC2CCCCC2)cc1. The Hall–Kier alpha value is -3.15. The molecule has 2 saturated carbocycles. The van der Waals surface area contributed by atoms with Crippen molar-refractivity contribution in [3.05, 3.63) is 65.7 Å². The molecule has 6 nitrogen and oxygen atoms in total. The standard InChI is InChI=1S/C35H47NO5/c1-40-31-20-17-29(18-21-31)24-36(25-34(38)41-26-30-15-9-4-10-16-30)35(39)32(23-28-13-7-3-8-14-28)33(37)22-19-27-11-5-2-6-12-27/h4,9-10,15-18,20-21,27-28,32H,2-3,5-8,11-14,19,22-26H2,1H3. The molecule has 41 heavy (non-hydrogen) atoms. The van der Waals surface area contributed by atoms with Crippen LogP contribution in [0.1, 0.15) is 94.6 Å². The molecule has 1 atom stereocenters. The Morgan fingerprint density at radius 1 is 0.805 bits per heavy atom. The highest BCUT2D eigenvalue weighted by Gasteiger charge is 2.34. The summed E-state index contributed by atoms with van der Waals surface area (Å²) in [5.74, 6) is 0.316. The third-order valence-electron chi connectivity index (χ3n) is 8.91. The molecule has 0 saturated heterocycles. The van der Waals surface area contributed by atoms with E-state index in [1.54, 1.807) is 12.0 Å². The van der Waals surface area contributed by atoms with E-state index < -0.39 is 11.9 Å². The summed E-state index contributed by atoms with van der Waals surface area (Å²) in [6.07, 6.45) is 13.7. The minimum Gasteiger partial charge on any atom is -0.497 e. The minimum atomic E-state index is -0.707. The fraction of sp³-hybridized carbons (Fsp3) is 0.571. The second-order valence-electron chi connectivity index (χ2n) is 12.0. The average molecular weight is 562 g/mol.